The van der Waals surface area contributed by atoms with E-state index in [0.717, 1.165) is 283 Å². The molecular weight excluding hydrogens is 1260 g/mol. The third kappa shape index (κ3) is 69.3. The average molecular weight is 1430 g/mol. The van der Waals surface area contributed by atoms with Crippen molar-refractivity contribution >= 4 is 29.8 Å². The van der Waals surface area contributed by atoms with E-state index in [0.29, 0.717) is 58.0 Å². The maximum atomic E-state index is 13.8. The zero-order valence-corrected chi connectivity index (χ0v) is 67.4. The molecule has 0 fully saturated rings. The smallest absolute Gasteiger partial charge is 0.306 e. The molecule has 4 unspecified atom stereocenters. The van der Waals surface area contributed by atoms with E-state index in [9.17, 15) is 29.1 Å². The van der Waals surface area contributed by atoms with Crippen molar-refractivity contribution in [1.29, 1.82) is 0 Å². The number of carbonyl (C=O) groups is 5. The Kier molecular flexibility index (Phi) is 73.4. The summed E-state index contributed by atoms with van der Waals surface area (Å²) in [5.41, 5.74) is 0. The van der Waals surface area contributed by atoms with E-state index in [1.54, 1.807) is 0 Å². The summed E-state index contributed by atoms with van der Waals surface area (Å²) in [6.45, 7) is 14.7. The van der Waals surface area contributed by atoms with Crippen molar-refractivity contribution in [3.8, 4) is 0 Å². The van der Waals surface area contributed by atoms with Gasteiger partial charge in [-0.05, 0) is 181 Å². The number of ether oxygens (including phenoxy) is 6. The topological polar surface area (TPSA) is 164 Å². The summed E-state index contributed by atoms with van der Waals surface area (Å²) in [6, 6.07) is 0. The van der Waals surface area contributed by atoms with Gasteiger partial charge in [-0.15, -0.1) is 0 Å². The van der Waals surface area contributed by atoms with Crippen molar-refractivity contribution in [2.24, 2.45) is 0 Å². The molecule has 0 aromatic rings. The number of nitrogens with zero attached hydrogens (tertiary/aromatic N) is 1. The van der Waals surface area contributed by atoms with E-state index in [4.69, 9.17) is 28.4 Å². The predicted molar refractivity (Wildman–Crippen MR) is 423 cm³/mol. The molecule has 0 amide bonds. The SMILES string of the molecule is CCCCCCCCC(OC(=O)CCCCCCC/C=C\C[C@@H](CCCCCC)OC(=O)CCCCC)[C@@H](CCCCCCCC(=O)OC(/C=C/CCCCCCCC(O)OCCCN(C)C)CCCCCC)OC(=O)CCCCCCC/C=C\CC(CCCCCC)OC(=O)CCCCC. The summed E-state index contributed by atoms with van der Waals surface area (Å²) in [7, 11) is 4.09. The highest BCUT2D eigenvalue weighted by Crippen LogP contribution is 2.25. The van der Waals surface area contributed by atoms with E-state index in [1.165, 1.54) is 64.2 Å². The van der Waals surface area contributed by atoms with E-state index >= 15 is 0 Å². The Balaban J connectivity index is 5.70. The molecule has 0 aliphatic carbocycles. The first-order valence-corrected chi connectivity index (χ1v) is 43.2. The number of allylic oxidation sites excluding steroid dienone is 3. The lowest BCUT2D eigenvalue weighted by Gasteiger charge is -2.27. The van der Waals surface area contributed by atoms with Gasteiger partial charge in [0.1, 0.15) is 30.5 Å². The number of aliphatic hydroxyl groups is 1. The molecule has 0 saturated carbocycles. The van der Waals surface area contributed by atoms with Crippen molar-refractivity contribution in [3.05, 3.63) is 36.5 Å². The number of hydrogen-bond acceptors (Lipinski definition) is 13. The normalized spacial score (nSPS) is 13.7. The molecule has 592 valence electrons. The Morgan fingerprint density at radius 2 is 0.604 bits per heavy atom. The van der Waals surface area contributed by atoms with Gasteiger partial charge in [0.25, 0.3) is 0 Å². The second-order valence-electron chi connectivity index (χ2n) is 29.9. The van der Waals surface area contributed by atoms with Gasteiger partial charge in [-0.2, -0.15) is 0 Å². The number of rotatable bonds is 78. The average Bonchev–Trinajstić information content (AvgIpc) is 0.922. The molecule has 0 aliphatic heterocycles. The second kappa shape index (κ2) is 76.1. The van der Waals surface area contributed by atoms with Crippen molar-refractivity contribution in [2.45, 2.75) is 470 Å². The fourth-order valence-corrected chi connectivity index (χ4v) is 13.0. The van der Waals surface area contributed by atoms with Crippen molar-refractivity contribution < 1.29 is 57.5 Å². The lowest BCUT2D eigenvalue weighted by atomic mass is 9.98. The fraction of sp³-hybridized carbons (Fsp3) is 0.875. The summed E-state index contributed by atoms with van der Waals surface area (Å²) in [5, 5.41) is 10.2. The van der Waals surface area contributed by atoms with Crippen LogP contribution in [0.4, 0.5) is 0 Å². The fourth-order valence-electron chi connectivity index (χ4n) is 13.0. The molecule has 1 N–H and O–H groups in total. The summed E-state index contributed by atoms with van der Waals surface area (Å²) in [6.07, 6.45) is 70.0. The van der Waals surface area contributed by atoms with Crippen LogP contribution in [0.5, 0.6) is 0 Å². The minimum Gasteiger partial charge on any atom is -0.462 e. The molecule has 0 aromatic heterocycles. The van der Waals surface area contributed by atoms with E-state index in [2.05, 4.69) is 82.9 Å². The third-order valence-corrected chi connectivity index (χ3v) is 19.5. The third-order valence-electron chi connectivity index (χ3n) is 19.5. The Hall–Kier alpha value is -3.55. The van der Waals surface area contributed by atoms with Gasteiger partial charge in [0, 0.05) is 44.9 Å². The zero-order valence-electron chi connectivity index (χ0n) is 67.4. The van der Waals surface area contributed by atoms with Crippen LogP contribution in [0, 0.1) is 0 Å². The predicted octanol–water partition coefficient (Wildman–Crippen LogP) is 25.0. The highest BCUT2D eigenvalue weighted by Gasteiger charge is 2.29. The van der Waals surface area contributed by atoms with Crippen molar-refractivity contribution in [2.75, 3.05) is 27.2 Å². The molecule has 101 heavy (non-hydrogen) atoms. The lowest BCUT2D eigenvalue weighted by Crippen LogP contribution is -2.35. The van der Waals surface area contributed by atoms with Crippen LogP contribution < -0.4 is 0 Å². The Labute approximate surface area is 622 Å². The first-order chi connectivity index (χ1) is 49.3. The quantitative estimate of drug-likeness (QED) is 0.0201. The monoisotopic (exact) mass is 1430 g/mol. The Bertz CT molecular complexity index is 1940. The molecule has 0 aromatic carbocycles. The molecule has 0 spiro atoms. The van der Waals surface area contributed by atoms with Crippen LogP contribution in [0.15, 0.2) is 36.5 Å². The molecule has 13 heteroatoms. The number of carbonyl (C=O) groups excluding carboxylic acids is 5. The molecule has 0 bridgehead atoms. The van der Waals surface area contributed by atoms with Crippen LogP contribution >= 0.6 is 0 Å². The maximum Gasteiger partial charge on any atom is 0.306 e. The summed E-state index contributed by atoms with van der Waals surface area (Å²) in [5.74, 6) is -0.639. The van der Waals surface area contributed by atoms with E-state index in [-0.39, 0.29) is 48.2 Å². The molecule has 0 saturated heterocycles. The van der Waals surface area contributed by atoms with E-state index in [1.807, 2.05) is 14.1 Å². The minimum atomic E-state index is -0.669. The maximum absolute atomic E-state index is 13.8. The van der Waals surface area contributed by atoms with Gasteiger partial charge in [-0.1, -0.05) is 265 Å². The highest BCUT2D eigenvalue weighted by molar-refractivity contribution is 5.71. The van der Waals surface area contributed by atoms with Crippen LogP contribution in [0.1, 0.15) is 433 Å². The number of esters is 5. The second-order valence-corrected chi connectivity index (χ2v) is 29.9. The van der Waals surface area contributed by atoms with Gasteiger partial charge < -0.3 is 38.4 Å². The molecule has 0 aliphatic rings. The highest BCUT2D eigenvalue weighted by atomic mass is 16.6. The molecular formula is C88H163NO12. The standard InChI is InChI=1S/C88H163NO12/c1-9-15-21-25-41-55-68-81(100-87(94)74-59-44-34-28-26-31-38-52-65-78(62-49-22-16-10-2)97-84(91)71-47-19-13-5)82(101-88(95)75-60-45-35-29-27-32-39-53-66-79(63-50-23-17-11-3)98-85(92)72-48-20-14-6)69-56-42-37-46-58-73-86(93)99-80(64-51-24-18-12-4)67-54-40-33-30-36-43-57-70-83(90)96-77-61-76-89(7)8/h38-39,52-54,67,78-83,90H,9-37,40-51,55-66,68-77H2,1-8H3/b52-38-,53-39-,67-54+/t78-,79?,80?,81?,82-,83?/m1/s1. The number of hydrogen-bond donors (Lipinski definition) is 1. The van der Waals surface area contributed by atoms with Crippen LogP contribution in [-0.2, 0) is 52.4 Å². The van der Waals surface area contributed by atoms with Crippen LogP contribution in [0.3, 0.4) is 0 Å². The van der Waals surface area contributed by atoms with E-state index < -0.39 is 18.5 Å². The number of aliphatic hydroxyl groups excluding tert-OH is 1. The van der Waals surface area contributed by atoms with Gasteiger partial charge in [0.05, 0.1) is 6.61 Å². The Morgan fingerprint density at radius 1 is 0.307 bits per heavy atom. The molecule has 0 radical (unpaired) electrons. The van der Waals surface area contributed by atoms with Crippen molar-refractivity contribution in [3.63, 3.8) is 0 Å². The van der Waals surface area contributed by atoms with Gasteiger partial charge >= 0.3 is 29.8 Å². The Morgan fingerprint density at radius 3 is 1.01 bits per heavy atom. The summed E-state index contributed by atoms with van der Waals surface area (Å²) >= 11 is 0. The zero-order chi connectivity index (χ0) is 74.0. The van der Waals surface area contributed by atoms with Crippen LogP contribution in [-0.4, -0.2) is 104 Å². The van der Waals surface area contributed by atoms with Gasteiger partial charge in [0.15, 0.2) is 6.29 Å². The van der Waals surface area contributed by atoms with Crippen LogP contribution in [0.25, 0.3) is 0 Å². The first-order valence-electron chi connectivity index (χ1n) is 43.2. The van der Waals surface area contributed by atoms with Crippen molar-refractivity contribution in [1.82, 2.24) is 4.90 Å². The number of unbranched alkanes of at least 4 members (excludes halogenated alkanes) is 37. The van der Waals surface area contributed by atoms with Gasteiger partial charge in [0.2, 0.25) is 0 Å². The van der Waals surface area contributed by atoms with Gasteiger partial charge in [-0.3, -0.25) is 24.0 Å². The molecule has 13 nitrogen and oxygen atoms in total. The molecule has 0 heterocycles. The summed E-state index contributed by atoms with van der Waals surface area (Å²) in [4.78, 5) is 68.1. The summed E-state index contributed by atoms with van der Waals surface area (Å²) < 4.78 is 36.3. The molecule has 0 rings (SSSR count). The first kappa shape index (κ1) is 97.4. The van der Waals surface area contributed by atoms with Crippen LogP contribution in [0.2, 0.25) is 0 Å². The molecule has 6 atom stereocenters. The largest absolute Gasteiger partial charge is 0.462 e. The lowest BCUT2D eigenvalue weighted by molar-refractivity contribution is -0.169. The minimum absolute atomic E-state index is 0.0370. The van der Waals surface area contributed by atoms with Gasteiger partial charge in [-0.25, -0.2) is 0 Å².